The van der Waals surface area contributed by atoms with E-state index in [1.165, 1.54) is 28.8 Å². The van der Waals surface area contributed by atoms with E-state index in [4.69, 9.17) is 23.8 Å². The fourth-order valence-corrected chi connectivity index (χ4v) is 3.75. The van der Waals surface area contributed by atoms with Crippen molar-refractivity contribution < 1.29 is 9.72 Å². The van der Waals surface area contributed by atoms with E-state index in [0.717, 1.165) is 5.56 Å². The summed E-state index contributed by atoms with van der Waals surface area (Å²) in [6, 6.07) is 13.9. The molecule has 1 fully saturated rings. The summed E-state index contributed by atoms with van der Waals surface area (Å²) in [7, 11) is 0. The van der Waals surface area contributed by atoms with Gasteiger partial charge < -0.3 is 0 Å². The minimum atomic E-state index is -0.555. The molecule has 1 saturated heterocycles. The van der Waals surface area contributed by atoms with Crippen molar-refractivity contribution in [1.82, 2.24) is 4.90 Å². The molecule has 5 nitrogen and oxygen atoms in total. The molecule has 1 heterocycles. The number of nitro groups is 1. The number of thioether (sulfide) groups is 1. The Morgan fingerprint density at radius 2 is 1.96 bits per heavy atom. The van der Waals surface area contributed by atoms with Crippen molar-refractivity contribution in [3.63, 3.8) is 0 Å². The van der Waals surface area contributed by atoms with Gasteiger partial charge in [-0.1, -0.05) is 72.0 Å². The molecule has 2 aromatic carbocycles. The molecular formula is C17H11ClN2O3S2. The van der Waals surface area contributed by atoms with E-state index in [1.54, 1.807) is 12.1 Å². The molecule has 3 rings (SSSR count). The minimum Gasteiger partial charge on any atom is -0.288 e. The lowest BCUT2D eigenvalue weighted by molar-refractivity contribution is -0.384. The van der Waals surface area contributed by atoms with Gasteiger partial charge in [0.25, 0.3) is 11.6 Å². The molecule has 2 aromatic rings. The average molecular weight is 391 g/mol. The van der Waals surface area contributed by atoms with E-state index in [2.05, 4.69) is 0 Å². The molecule has 0 aliphatic carbocycles. The van der Waals surface area contributed by atoms with E-state index in [0.29, 0.717) is 21.3 Å². The molecule has 0 atom stereocenters. The summed E-state index contributed by atoms with van der Waals surface area (Å²) in [4.78, 5) is 25.0. The topological polar surface area (TPSA) is 63.4 Å². The van der Waals surface area contributed by atoms with Gasteiger partial charge in [-0.25, -0.2) is 0 Å². The van der Waals surface area contributed by atoms with Crippen molar-refractivity contribution in [2.24, 2.45) is 0 Å². The largest absolute Gasteiger partial charge is 0.288 e. The van der Waals surface area contributed by atoms with E-state index >= 15 is 0 Å². The van der Waals surface area contributed by atoms with Crippen molar-refractivity contribution in [3.05, 3.63) is 79.7 Å². The molecule has 1 aliphatic heterocycles. The molecule has 0 bridgehead atoms. The van der Waals surface area contributed by atoms with Crippen molar-refractivity contribution in [2.45, 2.75) is 6.54 Å². The van der Waals surface area contributed by atoms with Crippen molar-refractivity contribution in [3.8, 4) is 0 Å². The van der Waals surface area contributed by atoms with Gasteiger partial charge in [-0.2, -0.15) is 0 Å². The number of halogens is 1. The van der Waals surface area contributed by atoms with Gasteiger partial charge in [0.2, 0.25) is 0 Å². The van der Waals surface area contributed by atoms with Crippen LogP contribution < -0.4 is 0 Å². The van der Waals surface area contributed by atoms with Gasteiger partial charge in [-0.3, -0.25) is 19.8 Å². The van der Waals surface area contributed by atoms with Crippen LogP contribution in [0.15, 0.2) is 53.4 Å². The summed E-state index contributed by atoms with van der Waals surface area (Å²) < 4.78 is 0.462. The average Bonchev–Trinajstić information content (AvgIpc) is 2.85. The molecule has 8 heteroatoms. The van der Waals surface area contributed by atoms with Gasteiger partial charge in [0.1, 0.15) is 9.34 Å². The van der Waals surface area contributed by atoms with Crippen LogP contribution in [0.5, 0.6) is 0 Å². The molecule has 0 unspecified atom stereocenters. The predicted octanol–water partition coefficient (Wildman–Crippen LogP) is 4.65. The van der Waals surface area contributed by atoms with Crippen molar-refractivity contribution in [2.75, 3.05) is 0 Å². The van der Waals surface area contributed by atoms with Crippen LogP contribution in [-0.4, -0.2) is 20.1 Å². The molecule has 0 radical (unpaired) electrons. The smallest absolute Gasteiger partial charge is 0.288 e. The first-order valence-corrected chi connectivity index (χ1v) is 8.79. The van der Waals surface area contributed by atoms with Crippen LogP contribution in [0.2, 0.25) is 5.02 Å². The third kappa shape index (κ3) is 3.89. The summed E-state index contributed by atoms with van der Waals surface area (Å²) >= 11 is 12.3. The maximum absolute atomic E-state index is 12.6. The number of rotatable bonds is 4. The number of carbonyl (C=O) groups is 1. The van der Waals surface area contributed by atoms with Crippen molar-refractivity contribution in [1.29, 1.82) is 0 Å². The third-order valence-corrected chi connectivity index (χ3v) is 5.22. The second-order valence-electron chi connectivity index (χ2n) is 5.22. The minimum absolute atomic E-state index is 0.0544. The summed E-state index contributed by atoms with van der Waals surface area (Å²) in [5.41, 5.74) is 1.30. The number of hydrogen-bond acceptors (Lipinski definition) is 5. The molecule has 25 heavy (non-hydrogen) atoms. The Hall–Kier alpha value is -2.22. The zero-order valence-corrected chi connectivity index (χ0v) is 15.1. The summed E-state index contributed by atoms with van der Waals surface area (Å²) in [5, 5.41) is 11.0. The van der Waals surface area contributed by atoms with Crippen molar-refractivity contribution >= 4 is 57.6 Å². The maximum atomic E-state index is 12.6. The predicted molar refractivity (Wildman–Crippen MR) is 103 cm³/mol. The first-order valence-electron chi connectivity index (χ1n) is 7.19. The first kappa shape index (κ1) is 17.6. The van der Waals surface area contributed by atoms with Gasteiger partial charge in [0.15, 0.2) is 0 Å². The van der Waals surface area contributed by atoms with Gasteiger partial charge in [-0.15, -0.1) is 0 Å². The lowest BCUT2D eigenvalue weighted by Crippen LogP contribution is -2.27. The van der Waals surface area contributed by atoms with Crippen LogP contribution >= 0.6 is 35.6 Å². The highest BCUT2D eigenvalue weighted by atomic mass is 35.5. The number of carbonyl (C=O) groups excluding carboxylic acids is 1. The lowest BCUT2D eigenvalue weighted by atomic mass is 10.2. The van der Waals surface area contributed by atoms with Crippen LogP contribution in [-0.2, 0) is 11.3 Å². The molecule has 0 N–H and O–H groups in total. The van der Waals surface area contributed by atoms with Gasteiger partial charge in [-0.05, 0) is 23.3 Å². The molecule has 0 spiro atoms. The number of hydrogen-bond donors (Lipinski definition) is 0. The third-order valence-electron chi connectivity index (χ3n) is 3.52. The monoisotopic (exact) mass is 390 g/mol. The van der Waals surface area contributed by atoms with Crippen LogP contribution in [0, 0.1) is 10.1 Å². The quantitative estimate of drug-likeness (QED) is 0.329. The summed E-state index contributed by atoms with van der Waals surface area (Å²) in [6.45, 7) is 0.392. The highest BCUT2D eigenvalue weighted by Gasteiger charge is 2.32. The number of amides is 1. The zero-order chi connectivity index (χ0) is 18.0. The van der Waals surface area contributed by atoms with E-state index in [1.807, 2.05) is 30.3 Å². The second-order valence-corrected chi connectivity index (χ2v) is 7.30. The van der Waals surface area contributed by atoms with Gasteiger partial charge in [0, 0.05) is 6.07 Å². The highest BCUT2D eigenvalue weighted by molar-refractivity contribution is 8.26. The number of nitro benzene ring substituents is 1. The number of thiocarbonyl (C=S) groups is 1. The van der Waals surface area contributed by atoms with E-state index < -0.39 is 4.92 Å². The Balaban J connectivity index is 1.85. The van der Waals surface area contributed by atoms with Gasteiger partial charge >= 0.3 is 0 Å². The van der Waals surface area contributed by atoms with E-state index in [-0.39, 0.29) is 16.6 Å². The Bertz CT molecular complexity index is 900. The Labute approximate surface area is 158 Å². The Morgan fingerprint density at radius 1 is 1.24 bits per heavy atom. The van der Waals surface area contributed by atoms with Gasteiger partial charge in [0.05, 0.1) is 16.4 Å². The van der Waals surface area contributed by atoms with Crippen LogP contribution in [0.25, 0.3) is 6.08 Å². The lowest BCUT2D eigenvalue weighted by Gasteiger charge is -2.14. The maximum Gasteiger partial charge on any atom is 0.288 e. The molecule has 126 valence electrons. The molecule has 1 amide bonds. The van der Waals surface area contributed by atoms with Crippen LogP contribution in [0.1, 0.15) is 11.1 Å². The fourth-order valence-electron chi connectivity index (χ4n) is 2.31. The van der Waals surface area contributed by atoms with Crippen LogP contribution in [0.4, 0.5) is 5.69 Å². The standard InChI is InChI=1S/C17H11ClN2O3S2/c18-13-7-6-12(8-14(13)20(22)23)9-15-16(21)19(17(24)25-15)10-11-4-2-1-3-5-11/h1-9H,10H2/b15-9-. The zero-order valence-electron chi connectivity index (χ0n) is 12.7. The Kier molecular flexibility index (Phi) is 5.17. The van der Waals surface area contributed by atoms with E-state index in [9.17, 15) is 14.9 Å². The SMILES string of the molecule is O=C1/C(=C/c2ccc(Cl)c([N+](=O)[O-])c2)SC(=S)N1Cc1ccccc1. The highest BCUT2D eigenvalue weighted by Crippen LogP contribution is 2.34. The molecule has 1 aliphatic rings. The summed E-state index contributed by atoms with van der Waals surface area (Å²) in [6.07, 6.45) is 1.59. The fraction of sp³-hybridized carbons (Fsp3) is 0.0588. The number of benzene rings is 2. The first-order chi connectivity index (χ1) is 12.0. The summed E-state index contributed by atoms with van der Waals surface area (Å²) in [5.74, 6) is -0.212. The van der Waals surface area contributed by atoms with Crippen LogP contribution in [0.3, 0.4) is 0 Å². The Morgan fingerprint density at radius 3 is 2.64 bits per heavy atom. The number of nitrogens with zero attached hydrogens (tertiary/aromatic N) is 2. The second kappa shape index (κ2) is 7.35. The molecule has 0 saturated carbocycles. The normalized spacial score (nSPS) is 15.9. The molecular weight excluding hydrogens is 380 g/mol. The molecule has 0 aromatic heterocycles.